The lowest BCUT2D eigenvalue weighted by Crippen LogP contribution is -2.47. The number of hydrogen-bond acceptors (Lipinski definition) is 3. The molecule has 6 nitrogen and oxygen atoms in total. The molecule has 0 bridgehead atoms. The van der Waals surface area contributed by atoms with Crippen LogP contribution in [0.2, 0.25) is 0 Å². The summed E-state index contributed by atoms with van der Waals surface area (Å²) in [6.45, 7) is 7.52. The van der Waals surface area contributed by atoms with E-state index in [0.29, 0.717) is 31.0 Å². The van der Waals surface area contributed by atoms with Gasteiger partial charge in [-0.05, 0) is 45.0 Å². The molecule has 1 atom stereocenters. The molecule has 1 aliphatic heterocycles. The highest BCUT2D eigenvalue weighted by molar-refractivity contribution is 5.95. The number of nitrogens with zero attached hydrogens (tertiary/aromatic N) is 1. The quantitative estimate of drug-likeness (QED) is 0.898. The van der Waals surface area contributed by atoms with Crippen molar-refractivity contribution in [2.24, 2.45) is 0 Å². The summed E-state index contributed by atoms with van der Waals surface area (Å²) in [5.41, 5.74) is 1.27. The zero-order valence-electron chi connectivity index (χ0n) is 13.3. The molecule has 0 saturated carbocycles. The van der Waals surface area contributed by atoms with Gasteiger partial charge in [-0.3, -0.25) is 4.79 Å². The summed E-state index contributed by atoms with van der Waals surface area (Å²) in [6, 6.07) is 6.83. The van der Waals surface area contributed by atoms with Gasteiger partial charge in [-0.1, -0.05) is 0 Å². The van der Waals surface area contributed by atoms with Crippen molar-refractivity contribution in [2.45, 2.75) is 32.9 Å². The maximum absolute atomic E-state index is 12.5. The number of morpholine rings is 1. The normalized spacial score (nSPS) is 18.2. The predicted octanol–water partition coefficient (Wildman–Crippen LogP) is 2.08. The summed E-state index contributed by atoms with van der Waals surface area (Å²) in [7, 11) is 0. The number of carbonyl (C=O) groups is 2. The molecule has 1 heterocycles. The second-order valence-electron chi connectivity index (χ2n) is 5.75. The third kappa shape index (κ3) is 4.21. The molecule has 1 aliphatic rings. The van der Waals surface area contributed by atoms with Crippen LogP contribution in [0, 0.1) is 0 Å². The van der Waals surface area contributed by atoms with Crippen LogP contribution in [-0.4, -0.2) is 48.7 Å². The molecule has 1 aromatic rings. The zero-order valence-corrected chi connectivity index (χ0v) is 13.3. The van der Waals surface area contributed by atoms with Crippen molar-refractivity contribution >= 4 is 17.6 Å². The number of ether oxygens (including phenoxy) is 1. The lowest BCUT2D eigenvalue weighted by Gasteiger charge is -2.33. The van der Waals surface area contributed by atoms with Gasteiger partial charge in [0.25, 0.3) is 5.91 Å². The van der Waals surface area contributed by atoms with Crippen LogP contribution in [0.5, 0.6) is 0 Å². The number of urea groups is 1. The maximum Gasteiger partial charge on any atom is 0.319 e. The Labute approximate surface area is 130 Å². The van der Waals surface area contributed by atoms with Gasteiger partial charge in [-0.2, -0.15) is 0 Å². The van der Waals surface area contributed by atoms with E-state index in [1.807, 2.05) is 25.7 Å². The standard InChI is InChI=1S/C16H23N3O3/c1-11(2)17-16(21)18-14-6-4-13(5-7-14)15(20)19-8-9-22-10-12(19)3/h4-7,11-12H,8-10H2,1-3H3,(H2,17,18,21). The number of benzene rings is 1. The Kier molecular flexibility index (Phi) is 5.38. The Balaban J connectivity index is 1.99. The molecule has 1 saturated heterocycles. The van der Waals surface area contributed by atoms with Crippen molar-refractivity contribution in [1.82, 2.24) is 10.2 Å². The van der Waals surface area contributed by atoms with Crippen molar-refractivity contribution in [2.75, 3.05) is 25.1 Å². The average Bonchev–Trinajstić information content (AvgIpc) is 2.47. The van der Waals surface area contributed by atoms with Gasteiger partial charge < -0.3 is 20.3 Å². The van der Waals surface area contributed by atoms with Crippen molar-refractivity contribution in [3.05, 3.63) is 29.8 Å². The summed E-state index contributed by atoms with van der Waals surface area (Å²) in [5, 5.41) is 5.48. The largest absolute Gasteiger partial charge is 0.377 e. The number of hydrogen-bond donors (Lipinski definition) is 2. The molecule has 3 amide bonds. The molecule has 0 radical (unpaired) electrons. The van der Waals surface area contributed by atoms with Gasteiger partial charge in [0.05, 0.1) is 19.3 Å². The number of anilines is 1. The second-order valence-corrected chi connectivity index (χ2v) is 5.75. The summed E-state index contributed by atoms with van der Waals surface area (Å²) >= 11 is 0. The lowest BCUT2D eigenvalue weighted by atomic mass is 10.1. The van der Waals surface area contributed by atoms with Gasteiger partial charge in [0.1, 0.15) is 0 Å². The molecule has 6 heteroatoms. The summed E-state index contributed by atoms with van der Waals surface area (Å²) in [4.78, 5) is 25.9. The molecule has 0 aromatic heterocycles. The van der Waals surface area contributed by atoms with E-state index in [4.69, 9.17) is 4.74 Å². The molecule has 0 spiro atoms. The van der Waals surface area contributed by atoms with Gasteiger partial charge in [0, 0.05) is 23.8 Å². The van der Waals surface area contributed by atoms with Crippen LogP contribution in [0.15, 0.2) is 24.3 Å². The van der Waals surface area contributed by atoms with Crippen LogP contribution < -0.4 is 10.6 Å². The van der Waals surface area contributed by atoms with Gasteiger partial charge in [0.15, 0.2) is 0 Å². The minimum absolute atomic E-state index is 0.00557. The van der Waals surface area contributed by atoms with Crippen molar-refractivity contribution in [3.8, 4) is 0 Å². The first-order valence-electron chi connectivity index (χ1n) is 7.53. The molecule has 2 N–H and O–H groups in total. The molecule has 2 rings (SSSR count). The van der Waals surface area contributed by atoms with E-state index in [1.165, 1.54) is 0 Å². The van der Waals surface area contributed by atoms with Gasteiger partial charge >= 0.3 is 6.03 Å². The van der Waals surface area contributed by atoms with Crippen LogP contribution in [0.25, 0.3) is 0 Å². The minimum atomic E-state index is -0.254. The van der Waals surface area contributed by atoms with Crippen molar-refractivity contribution in [1.29, 1.82) is 0 Å². The Hall–Kier alpha value is -2.08. The van der Waals surface area contributed by atoms with Gasteiger partial charge in [0.2, 0.25) is 0 Å². The highest BCUT2D eigenvalue weighted by Gasteiger charge is 2.24. The first kappa shape index (κ1) is 16.3. The van der Waals surface area contributed by atoms with E-state index in [1.54, 1.807) is 24.3 Å². The van der Waals surface area contributed by atoms with Crippen LogP contribution in [-0.2, 0) is 4.74 Å². The highest BCUT2D eigenvalue weighted by atomic mass is 16.5. The SMILES string of the molecule is CC(C)NC(=O)Nc1ccc(C(=O)N2CCOCC2C)cc1. The molecule has 0 aliphatic carbocycles. The minimum Gasteiger partial charge on any atom is -0.377 e. The fraction of sp³-hybridized carbons (Fsp3) is 0.500. The summed E-state index contributed by atoms with van der Waals surface area (Å²) in [5.74, 6) is -0.00557. The molecule has 1 aromatic carbocycles. The van der Waals surface area contributed by atoms with Gasteiger partial charge in [-0.15, -0.1) is 0 Å². The summed E-state index contributed by atoms with van der Waals surface area (Å²) < 4.78 is 5.34. The third-order valence-electron chi connectivity index (χ3n) is 3.44. The van der Waals surface area contributed by atoms with E-state index in [-0.39, 0.29) is 24.0 Å². The van der Waals surface area contributed by atoms with E-state index in [2.05, 4.69) is 10.6 Å². The second kappa shape index (κ2) is 7.26. The van der Waals surface area contributed by atoms with E-state index in [9.17, 15) is 9.59 Å². The number of carbonyl (C=O) groups excluding carboxylic acids is 2. The molecule has 22 heavy (non-hydrogen) atoms. The third-order valence-corrected chi connectivity index (χ3v) is 3.44. The Bertz CT molecular complexity index is 528. The van der Waals surface area contributed by atoms with Crippen LogP contribution in [0.3, 0.4) is 0 Å². The van der Waals surface area contributed by atoms with E-state index in [0.717, 1.165) is 0 Å². The smallest absolute Gasteiger partial charge is 0.319 e. The van der Waals surface area contributed by atoms with Crippen LogP contribution in [0.1, 0.15) is 31.1 Å². The first-order valence-corrected chi connectivity index (χ1v) is 7.53. The summed E-state index contributed by atoms with van der Waals surface area (Å²) in [6.07, 6.45) is 0. The monoisotopic (exact) mass is 305 g/mol. The number of amides is 3. The number of nitrogens with one attached hydrogen (secondary N) is 2. The topological polar surface area (TPSA) is 70.7 Å². The fourth-order valence-corrected chi connectivity index (χ4v) is 2.32. The number of rotatable bonds is 3. The first-order chi connectivity index (χ1) is 10.5. The van der Waals surface area contributed by atoms with Crippen molar-refractivity contribution in [3.63, 3.8) is 0 Å². The fourth-order valence-electron chi connectivity index (χ4n) is 2.32. The molecule has 1 unspecified atom stereocenters. The highest BCUT2D eigenvalue weighted by Crippen LogP contribution is 2.15. The van der Waals surface area contributed by atoms with Crippen molar-refractivity contribution < 1.29 is 14.3 Å². The maximum atomic E-state index is 12.5. The predicted molar refractivity (Wildman–Crippen MR) is 85.0 cm³/mol. The van der Waals surface area contributed by atoms with Gasteiger partial charge in [-0.25, -0.2) is 4.79 Å². The molecular weight excluding hydrogens is 282 g/mol. The van der Waals surface area contributed by atoms with Crippen LogP contribution >= 0.6 is 0 Å². The lowest BCUT2D eigenvalue weighted by molar-refractivity contribution is 0.00359. The molecule has 1 fully saturated rings. The average molecular weight is 305 g/mol. The Morgan fingerprint density at radius 2 is 1.95 bits per heavy atom. The van der Waals surface area contributed by atoms with E-state index >= 15 is 0 Å². The van der Waals surface area contributed by atoms with E-state index < -0.39 is 0 Å². The Morgan fingerprint density at radius 1 is 1.27 bits per heavy atom. The zero-order chi connectivity index (χ0) is 16.1. The Morgan fingerprint density at radius 3 is 2.55 bits per heavy atom. The molecular formula is C16H23N3O3. The molecule has 120 valence electrons. The van der Waals surface area contributed by atoms with Crippen LogP contribution in [0.4, 0.5) is 10.5 Å².